The second-order valence-electron chi connectivity index (χ2n) is 7.21. The van der Waals surface area contributed by atoms with Gasteiger partial charge >= 0.3 is 25.7 Å². The summed E-state index contributed by atoms with van der Waals surface area (Å²) < 4.78 is 94.5. The summed E-state index contributed by atoms with van der Waals surface area (Å²) in [5.74, 6) is 1.50. The monoisotopic (exact) mass is 552 g/mol. The number of ether oxygens (including phenoxy) is 1. The molecule has 7 nitrogen and oxygen atoms in total. The Hall–Kier alpha value is -3.87. The number of halogens is 3. The van der Waals surface area contributed by atoms with Crippen LogP contribution in [0.25, 0.3) is 11.1 Å². The minimum atomic E-state index is -5.84. The lowest BCUT2D eigenvalue weighted by molar-refractivity contribution is -0.0510. The first-order valence-corrected chi connectivity index (χ1v) is 13.2. The van der Waals surface area contributed by atoms with Gasteiger partial charge in [0.2, 0.25) is 0 Å². The van der Waals surface area contributed by atoms with Gasteiger partial charge < -0.3 is 8.92 Å². The standard InChI is InChI=1S/C24H18O4S.CHF3O3S/c25-29(26,24-14-8-7-13-23(24)19-9-3-1-4-10-19)28-22-17-15-21(16-18-22)27-20-11-5-2-6-12-20;2-1(3,4)8(5,6)7/h1-18H;(H,5,6,7). The van der Waals surface area contributed by atoms with Crippen molar-refractivity contribution in [3.63, 3.8) is 0 Å². The summed E-state index contributed by atoms with van der Waals surface area (Å²) in [6.07, 6.45) is 0. The Bertz CT molecular complexity index is 1520. The lowest BCUT2D eigenvalue weighted by atomic mass is 10.1. The fraction of sp³-hybridized carbons (Fsp3) is 0.0400. The minimum absolute atomic E-state index is 0.121. The number of alkyl halides is 3. The van der Waals surface area contributed by atoms with Crippen molar-refractivity contribution in [1.82, 2.24) is 0 Å². The van der Waals surface area contributed by atoms with E-state index in [1.165, 1.54) is 0 Å². The largest absolute Gasteiger partial charge is 0.522 e. The van der Waals surface area contributed by atoms with Crippen LogP contribution >= 0.6 is 0 Å². The third-order valence-corrected chi connectivity index (χ3v) is 6.43. The van der Waals surface area contributed by atoms with Gasteiger partial charge in [-0.15, -0.1) is 0 Å². The van der Waals surface area contributed by atoms with E-state index in [2.05, 4.69) is 0 Å². The van der Waals surface area contributed by atoms with Gasteiger partial charge in [-0.05, 0) is 48.0 Å². The Morgan fingerprint density at radius 1 is 0.595 bits per heavy atom. The molecule has 0 bridgehead atoms. The lowest BCUT2D eigenvalue weighted by Gasteiger charge is -2.12. The first-order valence-electron chi connectivity index (χ1n) is 10.3. The first kappa shape index (κ1) is 27.7. The number of hydrogen-bond acceptors (Lipinski definition) is 6. The molecule has 0 amide bonds. The number of para-hydroxylation sites is 1. The van der Waals surface area contributed by atoms with Crippen LogP contribution in [0.3, 0.4) is 0 Å². The van der Waals surface area contributed by atoms with E-state index < -0.39 is 25.7 Å². The highest BCUT2D eigenvalue weighted by Crippen LogP contribution is 2.30. The molecular weight excluding hydrogens is 533 g/mol. The molecule has 0 aliphatic heterocycles. The highest BCUT2D eigenvalue weighted by molar-refractivity contribution is 7.87. The van der Waals surface area contributed by atoms with Crippen LogP contribution < -0.4 is 8.92 Å². The van der Waals surface area contributed by atoms with E-state index in [9.17, 15) is 21.6 Å². The summed E-state index contributed by atoms with van der Waals surface area (Å²) in [7, 11) is -9.84. The van der Waals surface area contributed by atoms with E-state index in [1.807, 2.05) is 60.7 Å². The Balaban J connectivity index is 0.000000414. The molecular formula is C25H19F3O7S2. The van der Waals surface area contributed by atoms with Crippen molar-refractivity contribution in [2.45, 2.75) is 10.4 Å². The van der Waals surface area contributed by atoms with E-state index in [1.54, 1.807) is 48.5 Å². The lowest BCUT2D eigenvalue weighted by Crippen LogP contribution is -2.21. The normalized spacial score (nSPS) is 11.7. The molecule has 0 saturated carbocycles. The van der Waals surface area contributed by atoms with E-state index >= 15 is 0 Å². The maximum atomic E-state index is 12.9. The van der Waals surface area contributed by atoms with Crippen LogP contribution in [0.15, 0.2) is 114 Å². The first-order chi connectivity index (χ1) is 17.4. The fourth-order valence-electron chi connectivity index (χ4n) is 2.90. The van der Waals surface area contributed by atoms with Gasteiger partial charge in [0.25, 0.3) is 0 Å². The molecule has 0 unspecified atom stereocenters. The van der Waals surface area contributed by atoms with Crippen molar-refractivity contribution in [2.24, 2.45) is 0 Å². The maximum Gasteiger partial charge on any atom is 0.522 e. The van der Waals surface area contributed by atoms with Gasteiger partial charge in [-0.2, -0.15) is 30.0 Å². The fourth-order valence-corrected chi connectivity index (χ4v) is 4.05. The van der Waals surface area contributed by atoms with Gasteiger partial charge in [0.1, 0.15) is 22.1 Å². The van der Waals surface area contributed by atoms with Crippen LogP contribution in [0.4, 0.5) is 13.2 Å². The SMILES string of the molecule is O=S(=O)(O)C(F)(F)F.O=S(=O)(Oc1ccc(Oc2ccccc2)cc1)c1ccccc1-c1ccccc1. The van der Waals surface area contributed by atoms with Gasteiger partial charge in [0, 0.05) is 5.56 Å². The molecule has 37 heavy (non-hydrogen) atoms. The van der Waals surface area contributed by atoms with Crippen LogP contribution in [0.1, 0.15) is 0 Å². The molecule has 0 fully saturated rings. The molecule has 1 N–H and O–H groups in total. The number of rotatable bonds is 6. The van der Waals surface area contributed by atoms with Crippen molar-refractivity contribution < 1.29 is 43.5 Å². The zero-order valence-electron chi connectivity index (χ0n) is 18.7. The van der Waals surface area contributed by atoms with Gasteiger partial charge in [-0.25, -0.2) is 0 Å². The summed E-state index contributed by atoms with van der Waals surface area (Å²) in [6, 6.07) is 32.0. The van der Waals surface area contributed by atoms with Crippen molar-refractivity contribution >= 4 is 20.2 Å². The second kappa shape index (κ2) is 11.5. The molecule has 194 valence electrons. The van der Waals surface area contributed by atoms with E-state index in [0.29, 0.717) is 17.1 Å². The van der Waals surface area contributed by atoms with Crippen LogP contribution in [-0.4, -0.2) is 26.9 Å². The van der Waals surface area contributed by atoms with Crippen LogP contribution in [-0.2, 0) is 20.2 Å². The highest BCUT2D eigenvalue weighted by Gasteiger charge is 2.44. The summed E-state index contributed by atoms with van der Waals surface area (Å²) in [5.41, 5.74) is -4.13. The summed E-state index contributed by atoms with van der Waals surface area (Å²) >= 11 is 0. The molecule has 4 rings (SSSR count). The van der Waals surface area contributed by atoms with Gasteiger partial charge in [-0.1, -0.05) is 66.7 Å². The van der Waals surface area contributed by atoms with Crippen molar-refractivity contribution in [2.75, 3.05) is 0 Å². The molecule has 0 aromatic heterocycles. The zero-order valence-corrected chi connectivity index (χ0v) is 20.4. The number of benzene rings is 4. The molecule has 0 aliphatic carbocycles. The third kappa shape index (κ3) is 7.81. The average Bonchev–Trinajstić information content (AvgIpc) is 2.85. The molecule has 0 spiro atoms. The molecule has 0 atom stereocenters. The molecule has 0 aliphatic rings. The predicted octanol–water partition coefficient (Wildman–Crippen LogP) is 6.31. The Morgan fingerprint density at radius 3 is 1.57 bits per heavy atom. The van der Waals surface area contributed by atoms with Crippen molar-refractivity contribution in [3.8, 4) is 28.4 Å². The smallest absolute Gasteiger partial charge is 0.457 e. The molecule has 0 radical (unpaired) electrons. The molecule has 4 aromatic carbocycles. The summed E-state index contributed by atoms with van der Waals surface area (Å²) in [6.45, 7) is 0. The topological polar surface area (TPSA) is 107 Å². The van der Waals surface area contributed by atoms with Gasteiger partial charge in [-0.3, -0.25) is 4.55 Å². The molecule has 0 heterocycles. The Labute approximate surface area is 211 Å². The van der Waals surface area contributed by atoms with Crippen LogP contribution in [0.2, 0.25) is 0 Å². The Kier molecular flexibility index (Phi) is 8.58. The van der Waals surface area contributed by atoms with Gasteiger partial charge in [0.05, 0.1) is 0 Å². The quantitative estimate of drug-likeness (QED) is 0.170. The zero-order chi connectivity index (χ0) is 27.1. The van der Waals surface area contributed by atoms with Crippen molar-refractivity contribution in [1.29, 1.82) is 0 Å². The van der Waals surface area contributed by atoms with Gasteiger partial charge in [0.15, 0.2) is 0 Å². The highest BCUT2D eigenvalue weighted by atomic mass is 32.2. The summed E-state index contributed by atoms with van der Waals surface area (Å²) in [5, 5.41) is 0. The second-order valence-corrected chi connectivity index (χ2v) is 10.1. The van der Waals surface area contributed by atoms with E-state index in [-0.39, 0.29) is 10.6 Å². The van der Waals surface area contributed by atoms with E-state index in [4.69, 9.17) is 21.9 Å². The van der Waals surface area contributed by atoms with Crippen LogP contribution in [0.5, 0.6) is 17.2 Å². The molecule has 12 heteroatoms. The maximum absolute atomic E-state index is 12.9. The number of hydrogen-bond donors (Lipinski definition) is 1. The Morgan fingerprint density at radius 2 is 1.03 bits per heavy atom. The molecule has 4 aromatic rings. The average molecular weight is 553 g/mol. The summed E-state index contributed by atoms with van der Waals surface area (Å²) in [4.78, 5) is 0.121. The van der Waals surface area contributed by atoms with Crippen molar-refractivity contribution in [3.05, 3.63) is 109 Å². The molecule has 0 saturated heterocycles. The van der Waals surface area contributed by atoms with E-state index in [0.717, 1.165) is 5.56 Å². The minimum Gasteiger partial charge on any atom is -0.457 e. The van der Waals surface area contributed by atoms with Crippen LogP contribution in [0, 0.1) is 0 Å². The third-order valence-electron chi connectivity index (χ3n) is 4.54. The predicted molar refractivity (Wildman–Crippen MR) is 130 cm³/mol.